The molecule has 0 aliphatic carbocycles. The van der Waals surface area contributed by atoms with Crippen molar-refractivity contribution >= 4 is 5.97 Å². The highest BCUT2D eigenvalue weighted by Crippen LogP contribution is 2.50. The molecule has 0 spiro atoms. The van der Waals surface area contributed by atoms with Gasteiger partial charge in [0.2, 0.25) is 6.79 Å². The maximum atomic E-state index is 12.4. The van der Waals surface area contributed by atoms with Crippen LogP contribution in [0, 0.1) is 0 Å². The molecule has 0 saturated carbocycles. The number of ether oxygens (including phenoxy) is 5. The summed E-state index contributed by atoms with van der Waals surface area (Å²) in [6, 6.07) is 8.57. The van der Waals surface area contributed by atoms with Gasteiger partial charge in [-0.05, 0) is 23.8 Å². The molecular formula is C19H14O7. The first-order chi connectivity index (χ1) is 12.7. The third-order valence-electron chi connectivity index (χ3n) is 4.73. The average molecular weight is 354 g/mol. The van der Waals surface area contributed by atoms with Gasteiger partial charge in [0.25, 0.3) is 0 Å². The molecule has 1 N–H and O–H groups in total. The number of phenolic OH excluding ortho intramolecular Hbond substituents is 1. The second-order valence-electron chi connectivity index (χ2n) is 6.12. The molecule has 132 valence electrons. The lowest BCUT2D eigenvalue weighted by molar-refractivity contribution is -0.136. The number of hydrogen-bond donors (Lipinski definition) is 1. The van der Waals surface area contributed by atoms with Gasteiger partial charge < -0.3 is 28.8 Å². The first-order valence-corrected chi connectivity index (χ1v) is 8.04. The van der Waals surface area contributed by atoms with Gasteiger partial charge >= 0.3 is 5.97 Å². The molecule has 0 radical (unpaired) electrons. The highest BCUT2D eigenvalue weighted by atomic mass is 16.7. The van der Waals surface area contributed by atoms with E-state index in [1.54, 1.807) is 18.2 Å². The molecule has 26 heavy (non-hydrogen) atoms. The van der Waals surface area contributed by atoms with E-state index in [4.69, 9.17) is 23.7 Å². The smallest absolute Gasteiger partial charge is 0.339 e. The minimum absolute atomic E-state index is 0.0254. The van der Waals surface area contributed by atoms with E-state index < -0.39 is 11.9 Å². The molecule has 0 fully saturated rings. The van der Waals surface area contributed by atoms with Crippen LogP contribution in [0.3, 0.4) is 0 Å². The second kappa shape index (κ2) is 5.32. The Morgan fingerprint density at radius 3 is 2.69 bits per heavy atom. The zero-order valence-corrected chi connectivity index (χ0v) is 13.8. The van der Waals surface area contributed by atoms with Gasteiger partial charge in [0.1, 0.15) is 12.4 Å². The maximum Gasteiger partial charge on any atom is 0.339 e. The molecule has 3 aliphatic rings. The third-order valence-corrected chi connectivity index (χ3v) is 4.73. The van der Waals surface area contributed by atoms with Gasteiger partial charge in [0, 0.05) is 17.5 Å². The fraction of sp³-hybridized carbons (Fsp3) is 0.211. The van der Waals surface area contributed by atoms with Crippen LogP contribution >= 0.6 is 0 Å². The summed E-state index contributed by atoms with van der Waals surface area (Å²) >= 11 is 0. The Hall–Kier alpha value is -3.35. The Labute approximate surface area is 148 Å². The Bertz CT molecular complexity index is 976. The molecule has 0 aromatic heterocycles. The van der Waals surface area contributed by atoms with E-state index in [0.29, 0.717) is 34.3 Å². The van der Waals surface area contributed by atoms with Crippen LogP contribution in [0.4, 0.5) is 0 Å². The topological polar surface area (TPSA) is 83.5 Å². The van der Waals surface area contributed by atoms with Crippen molar-refractivity contribution in [2.75, 3.05) is 20.5 Å². The number of benzene rings is 2. The number of esters is 1. The molecule has 7 nitrogen and oxygen atoms in total. The van der Waals surface area contributed by atoms with Crippen LogP contribution in [0.5, 0.6) is 28.7 Å². The van der Waals surface area contributed by atoms with Crippen molar-refractivity contribution in [1.82, 2.24) is 0 Å². The lowest BCUT2D eigenvalue weighted by Gasteiger charge is -2.26. The van der Waals surface area contributed by atoms with Crippen molar-refractivity contribution in [3.05, 3.63) is 52.8 Å². The Morgan fingerprint density at radius 1 is 1.08 bits per heavy atom. The summed E-state index contributed by atoms with van der Waals surface area (Å²) in [7, 11) is 1.48. The fourth-order valence-corrected chi connectivity index (χ4v) is 3.52. The summed E-state index contributed by atoms with van der Waals surface area (Å²) in [6.07, 6.45) is 0. The molecule has 7 heteroatoms. The number of rotatable bonds is 2. The van der Waals surface area contributed by atoms with Crippen molar-refractivity contribution in [3.8, 4) is 28.7 Å². The van der Waals surface area contributed by atoms with Crippen molar-refractivity contribution in [3.63, 3.8) is 0 Å². The van der Waals surface area contributed by atoms with Gasteiger partial charge in [0.05, 0.1) is 12.7 Å². The number of carbonyl (C=O) groups excluding carboxylic acids is 1. The average Bonchev–Trinajstić information content (AvgIpc) is 3.25. The minimum Gasteiger partial charge on any atom is -0.504 e. The minimum atomic E-state index is -0.423. The second-order valence-corrected chi connectivity index (χ2v) is 6.12. The normalized spacial score (nSPS) is 19.6. The summed E-state index contributed by atoms with van der Waals surface area (Å²) in [5, 5.41) is 9.90. The molecule has 0 saturated heterocycles. The van der Waals surface area contributed by atoms with Crippen molar-refractivity contribution in [2.45, 2.75) is 5.92 Å². The van der Waals surface area contributed by atoms with E-state index >= 15 is 0 Å². The molecule has 1 atom stereocenters. The van der Waals surface area contributed by atoms with Crippen LogP contribution in [0.15, 0.2) is 41.7 Å². The van der Waals surface area contributed by atoms with Gasteiger partial charge in [-0.15, -0.1) is 0 Å². The lowest BCUT2D eigenvalue weighted by Crippen LogP contribution is -2.18. The SMILES string of the molecule is COc1cc([C@H]2C3=C(COC3=O)Oc3cc4c(cc32)OCO4)ccc1O. The van der Waals surface area contributed by atoms with Crippen LogP contribution in [0.2, 0.25) is 0 Å². The van der Waals surface area contributed by atoms with E-state index in [0.717, 1.165) is 11.1 Å². The summed E-state index contributed by atoms with van der Waals surface area (Å²) in [4.78, 5) is 12.4. The highest BCUT2D eigenvalue weighted by molar-refractivity contribution is 5.95. The molecule has 3 heterocycles. The van der Waals surface area contributed by atoms with Gasteiger partial charge in [-0.2, -0.15) is 0 Å². The van der Waals surface area contributed by atoms with Crippen molar-refractivity contribution < 1.29 is 33.6 Å². The molecule has 0 amide bonds. The quantitative estimate of drug-likeness (QED) is 0.830. The van der Waals surface area contributed by atoms with Crippen LogP contribution in [0.1, 0.15) is 17.0 Å². The van der Waals surface area contributed by atoms with Gasteiger partial charge in [-0.3, -0.25) is 0 Å². The number of methoxy groups -OCH3 is 1. The first kappa shape index (κ1) is 14.9. The van der Waals surface area contributed by atoms with E-state index in [9.17, 15) is 9.90 Å². The van der Waals surface area contributed by atoms with Crippen LogP contribution in [-0.4, -0.2) is 31.6 Å². The third kappa shape index (κ3) is 2.03. The van der Waals surface area contributed by atoms with Crippen LogP contribution in [-0.2, 0) is 9.53 Å². The van der Waals surface area contributed by atoms with Gasteiger partial charge in [0.15, 0.2) is 28.8 Å². The summed E-state index contributed by atoms with van der Waals surface area (Å²) < 4.78 is 27.2. The number of hydrogen-bond acceptors (Lipinski definition) is 7. The molecule has 3 aliphatic heterocycles. The Kier molecular flexibility index (Phi) is 3.06. The molecule has 2 aromatic rings. The summed E-state index contributed by atoms with van der Waals surface area (Å²) in [6.45, 7) is 0.235. The number of phenols is 1. The Balaban J connectivity index is 1.73. The Morgan fingerprint density at radius 2 is 1.88 bits per heavy atom. The maximum absolute atomic E-state index is 12.4. The van der Waals surface area contributed by atoms with E-state index in [-0.39, 0.29) is 19.1 Å². The number of aromatic hydroxyl groups is 1. The predicted molar refractivity (Wildman–Crippen MR) is 87.7 cm³/mol. The monoisotopic (exact) mass is 354 g/mol. The van der Waals surface area contributed by atoms with Crippen molar-refractivity contribution in [2.24, 2.45) is 0 Å². The highest BCUT2D eigenvalue weighted by Gasteiger charge is 2.41. The van der Waals surface area contributed by atoms with E-state index in [1.807, 2.05) is 6.07 Å². The van der Waals surface area contributed by atoms with E-state index in [2.05, 4.69) is 0 Å². The van der Waals surface area contributed by atoms with Gasteiger partial charge in [-0.25, -0.2) is 4.79 Å². The number of cyclic esters (lactones) is 1. The molecular weight excluding hydrogens is 340 g/mol. The standard InChI is InChI=1S/C19H14O7/c1-22-13-4-9(2-3-11(13)20)17-10-5-14-15(25-8-24-14)6-12(10)26-16-7-23-19(21)18(16)17/h2-6,17,20H,7-8H2,1H3/t17-/m1/s1. The molecule has 5 rings (SSSR count). The fourth-order valence-electron chi connectivity index (χ4n) is 3.52. The first-order valence-electron chi connectivity index (χ1n) is 8.04. The number of fused-ring (bicyclic) bond motifs is 2. The van der Waals surface area contributed by atoms with Crippen LogP contribution < -0.4 is 18.9 Å². The molecule has 0 bridgehead atoms. The summed E-state index contributed by atoms with van der Waals surface area (Å²) in [5.74, 6) is 1.77. The lowest BCUT2D eigenvalue weighted by atomic mass is 9.82. The molecule has 0 unspecified atom stereocenters. The zero-order chi connectivity index (χ0) is 17.8. The zero-order valence-electron chi connectivity index (χ0n) is 13.8. The van der Waals surface area contributed by atoms with Gasteiger partial charge in [-0.1, -0.05) is 6.07 Å². The molecule has 2 aromatic carbocycles. The van der Waals surface area contributed by atoms with Crippen molar-refractivity contribution in [1.29, 1.82) is 0 Å². The summed E-state index contributed by atoms with van der Waals surface area (Å²) in [5.41, 5.74) is 1.98. The number of carbonyl (C=O) groups is 1. The van der Waals surface area contributed by atoms with Crippen LogP contribution in [0.25, 0.3) is 0 Å². The van der Waals surface area contributed by atoms with E-state index in [1.165, 1.54) is 13.2 Å². The predicted octanol–water partition coefficient (Wildman–Crippen LogP) is 2.46. The largest absolute Gasteiger partial charge is 0.504 e.